The van der Waals surface area contributed by atoms with Crippen LogP contribution in [0.2, 0.25) is 0 Å². The predicted molar refractivity (Wildman–Crippen MR) is 78.5 cm³/mol. The Morgan fingerprint density at radius 3 is 2.41 bits per heavy atom. The fraction of sp³-hybridized carbons (Fsp3) is 0.500. The zero-order chi connectivity index (χ0) is 15.5. The molecular weight excluding hydrogens is 284 g/mol. The van der Waals surface area contributed by atoms with Crippen LogP contribution in [-0.2, 0) is 0 Å². The minimum absolute atomic E-state index is 0.0631. The van der Waals surface area contributed by atoms with Crippen molar-refractivity contribution < 1.29 is 9.21 Å². The zero-order valence-corrected chi connectivity index (χ0v) is 12.6. The van der Waals surface area contributed by atoms with Gasteiger partial charge in [-0.1, -0.05) is 13.8 Å². The van der Waals surface area contributed by atoms with E-state index in [4.69, 9.17) is 4.42 Å². The summed E-state index contributed by atoms with van der Waals surface area (Å²) in [5.74, 6) is 1.14. The van der Waals surface area contributed by atoms with Crippen LogP contribution in [0.3, 0.4) is 0 Å². The van der Waals surface area contributed by atoms with Crippen LogP contribution in [0.4, 0.5) is 5.95 Å². The molecule has 1 amide bonds. The SMILES string of the molecule is CC(C)c1nnc(C(=O)N2CCN(c3ncccn3)CC2)o1. The van der Waals surface area contributed by atoms with Crippen LogP contribution in [0, 0.1) is 0 Å². The van der Waals surface area contributed by atoms with Crippen molar-refractivity contribution in [2.45, 2.75) is 19.8 Å². The van der Waals surface area contributed by atoms with Crippen LogP contribution < -0.4 is 4.90 Å². The van der Waals surface area contributed by atoms with Crippen molar-refractivity contribution in [2.24, 2.45) is 0 Å². The number of amides is 1. The standard InChI is InChI=1S/C14H18N6O2/c1-10(2)11-17-18-12(22-11)13(21)19-6-8-20(9-7-19)14-15-4-3-5-16-14/h3-5,10H,6-9H2,1-2H3. The highest BCUT2D eigenvalue weighted by atomic mass is 16.4. The van der Waals surface area contributed by atoms with E-state index >= 15 is 0 Å². The predicted octanol–water partition coefficient (Wildman–Crippen LogP) is 0.945. The molecule has 3 rings (SSSR count). The van der Waals surface area contributed by atoms with E-state index in [1.165, 1.54) is 0 Å². The molecule has 116 valence electrons. The molecule has 2 aromatic heterocycles. The minimum Gasteiger partial charge on any atom is -0.417 e. The molecule has 1 aliphatic rings. The van der Waals surface area contributed by atoms with Gasteiger partial charge in [-0.2, -0.15) is 0 Å². The number of hydrogen-bond acceptors (Lipinski definition) is 7. The number of nitrogens with zero attached hydrogens (tertiary/aromatic N) is 6. The monoisotopic (exact) mass is 302 g/mol. The van der Waals surface area contributed by atoms with Crippen molar-refractivity contribution >= 4 is 11.9 Å². The quantitative estimate of drug-likeness (QED) is 0.833. The van der Waals surface area contributed by atoms with Gasteiger partial charge in [-0.3, -0.25) is 4.79 Å². The molecule has 22 heavy (non-hydrogen) atoms. The van der Waals surface area contributed by atoms with Crippen LogP contribution in [0.15, 0.2) is 22.9 Å². The molecule has 0 radical (unpaired) electrons. The molecule has 8 nitrogen and oxygen atoms in total. The molecule has 0 bridgehead atoms. The molecule has 1 fully saturated rings. The van der Waals surface area contributed by atoms with Crippen molar-refractivity contribution in [1.29, 1.82) is 0 Å². The van der Waals surface area contributed by atoms with Gasteiger partial charge in [-0.25, -0.2) is 9.97 Å². The molecule has 0 saturated carbocycles. The second-order valence-corrected chi connectivity index (χ2v) is 5.43. The van der Waals surface area contributed by atoms with Gasteiger partial charge in [0, 0.05) is 44.5 Å². The minimum atomic E-state index is -0.215. The second kappa shape index (κ2) is 6.08. The van der Waals surface area contributed by atoms with Crippen molar-refractivity contribution in [1.82, 2.24) is 25.1 Å². The van der Waals surface area contributed by atoms with Crippen LogP contribution in [0.25, 0.3) is 0 Å². The first-order valence-corrected chi connectivity index (χ1v) is 7.30. The van der Waals surface area contributed by atoms with Crippen LogP contribution in [0.5, 0.6) is 0 Å². The lowest BCUT2D eigenvalue weighted by Gasteiger charge is -2.33. The normalized spacial score (nSPS) is 15.4. The van der Waals surface area contributed by atoms with Gasteiger partial charge in [0.05, 0.1) is 0 Å². The molecule has 0 spiro atoms. The summed E-state index contributed by atoms with van der Waals surface area (Å²) in [5, 5.41) is 7.74. The van der Waals surface area contributed by atoms with Crippen molar-refractivity contribution in [3.05, 3.63) is 30.2 Å². The smallest absolute Gasteiger partial charge is 0.311 e. The molecule has 0 aliphatic carbocycles. The van der Waals surface area contributed by atoms with E-state index in [9.17, 15) is 4.79 Å². The zero-order valence-electron chi connectivity index (χ0n) is 12.6. The van der Waals surface area contributed by atoms with E-state index in [2.05, 4.69) is 25.1 Å². The second-order valence-electron chi connectivity index (χ2n) is 5.43. The highest BCUT2D eigenvalue weighted by Gasteiger charge is 2.27. The Balaban J connectivity index is 1.62. The van der Waals surface area contributed by atoms with E-state index in [-0.39, 0.29) is 17.7 Å². The number of carbonyl (C=O) groups is 1. The Morgan fingerprint density at radius 2 is 1.82 bits per heavy atom. The summed E-state index contributed by atoms with van der Waals surface area (Å²) >= 11 is 0. The van der Waals surface area contributed by atoms with E-state index in [0.29, 0.717) is 38.0 Å². The third-order valence-electron chi connectivity index (χ3n) is 3.52. The maximum absolute atomic E-state index is 12.4. The van der Waals surface area contributed by atoms with Crippen molar-refractivity contribution in [2.75, 3.05) is 31.1 Å². The number of piperazine rings is 1. The summed E-state index contributed by atoms with van der Waals surface area (Å²) in [6.07, 6.45) is 3.43. The highest BCUT2D eigenvalue weighted by molar-refractivity contribution is 5.89. The summed E-state index contributed by atoms with van der Waals surface area (Å²) < 4.78 is 5.42. The lowest BCUT2D eigenvalue weighted by Crippen LogP contribution is -2.49. The van der Waals surface area contributed by atoms with Crippen molar-refractivity contribution in [3.8, 4) is 0 Å². The van der Waals surface area contributed by atoms with Gasteiger partial charge in [-0.05, 0) is 6.07 Å². The average Bonchev–Trinajstić information content (AvgIpc) is 3.05. The molecule has 3 heterocycles. The number of rotatable bonds is 3. The van der Waals surface area contributed by atoms with Gasteiger partial charge in [0.15, 0.2) is 0 Å². The maximum Gasteiger partial charge on any atom is 0.311 e. The fourth-order valence-electron chi connectivity index (χ4n) is 2.25. The van der Waals surface area contributed by atoms with E-state index in [1.54, 1.807) is 23.4 Å². The van der Waals surface area contributed by atoms with Crippen LogP contribution in [-0.4, -0.2) is 57.2 Å². The first kappa shape index (κ1) is 14.4. The molecule has 8 heteroatoms. The van der Waals surface area contributed by atoms with Gasteiger partial charge in [-0.15, -0.1) is 10.2 Å². The Kier molecular flexibility index (Phi) is 3.99. The molecule has 1 aliphatic heterocycles. The third kappa shape index (κ3) is 2.90. The van der Waals surface area contributed by atoms with Gasteiger partial charge < -0.3 is 14.2 Å². The van der Waals surface area contributed by atoms with E-state index < -0.39 is 0 Å². The summed E-state index contributed by atoms with van der Waals surface area (Å²) in [7, 11) is 0. The largest absolute Gasteiger partial charge is 0.417 e. The topological polar surface area (TPSA) is 88.3 Å². The number of aromatic nitrogens is 4. The molecule has 0 aromatic carbocycles. The summed E-state index contributed by atoms with van der Waals surface area (Å²) in [6.45, 7) is 6.41. The molecule has 0 N–H and O–H groups in total. The molecule has 0 atom stereocenters. The average molecular weight is 302 g/mol. The molecule has 0 unspecified atom stereocenters. The van der Waals surface area contributed by atoms with Crippen molar-refractivity contribution in [3.63, 3.8) is 0 Å². The lowest BCUT2D eigenvalue weighted by atomic mass is 10.2. The molecule has 1 saturated heterocycles. The number of carbonyl (C=O) groups excluding carboxylic acids is 1. The number of anilines is 1. The summed E-state index contributed by atoms with van der Waals surface area (Å²) in [5.41, 5.74) is 0. The number of hydrogen-bond donors (Lipinski definition) is 0. The Labute approximate surface area is 128 Å². The van der Waals surface area contributed by atoms with Crippen LogP contribution in [0.1, 0.15) is 36.3 Å². The van der Waals surface area contributed by atoms with Gasteiger partial charge in [0.1, 0.15) is 0 Å². The van der Waals surface area contributed by atoms with E-state index in [1.807, 2.05) is 13.8 Å². The third-order valence-corrected chi connectivity index (χ3v) is 3.52. The maximum atomic E-state index is 12.4. The van der Waals surface area contributed by atoms with Crippen LogP contribution >= 0.6 is 0 Å². The van der Waals surface area contributed by atoms with Gasteiger partial charge in [0.25, 0.3) is 0 Å². The lowest BCUT2D eigenvalue weighted by molar-refractivity contribution is 0.0703. The van der Waals surface area contributed by atoms with Gasteiger partial charge in [0.2, 0.25) is 11.8 Å². The molecule has 2 aromatic rings. The highest BCUT2D eigenvalue weighted by Crippen LogP contribution is 2.15. The summed E-state index contributed by atoms with van der Waals surface area (Å²) in [4.78, 5) is 24.6. The Morgan fingerprint density at radius 1 is 1.14 bits per heavy atom. The molecular formula is C14H18N6O2. The van der Waals surface area contributed by atoms with E-state index in [0.717, 1.165) is 0 Å². The Bertz CT molecular complexity index is 634. The first-order chi connectivity index (χ1) is 10.6. The van der Waals surface area contributed by atoms with Gasteiger partial charge >= 0.3 is 11.8 Å². The fourth-order valence-corrected chi connectivity index (χ4v) is 2.25. The Hall–Kier alpha value is -2.51. The summed E-state index contributed by atoms with van der Waals surface area (Å²) in [6, 6.07) is 1.78. The first-order valence-electron chi connectivity index (χ1n) is 7.30.